The van der Waals surface area contributed by atoms with E-state index in [-0.39, 0.29) is 5.91 Å². The zero-order chi connectivity index (χ0) is 17.9. The van der Waals surface area contributed by atoms with Crippen LogP contribution in [0.2, 0.25) is 0 Å². The van der Waals surface area contributed by atoms with Crippen molar-refractivity contribution in [3.05, 3.63) is 35.4 Å². The molecule has 6 nitrogen and oxygen atoms in total. The summed E-state index contributed by atoms with van der Waals surface area (Å²) in [6, 6.07) is 8.62. The predicted molar refractivity (Wildman–Crippen MR) is 94.6 cm³/mol. The Hall–Kier alpha value is -2.04. The number of carbonyl (C=O) groups excluding carboxylic acids is 2. The van der Waals surface area contributed by atoms with Gasteiger partial charge < -0.3 is 15.3 Å². The average Bonchev–Trinajstić information content (AvgIpc) is 2.96. The SMILES string of the molecule is N#Cc1ccc(CN2CCC(NC(=O)C3(O)CCSCC3)C2=O)cc1. The smallest absolute Gasteiger partial charge is 0.252 e. The molecule has 0 aromatic heterocycles. The van der Waals surface area contributed by atoms with Gasteiger partial charge in [0, 0.05) is 13.1 Å². The van der Waals surface area contributed by atoms with Gasteiger partial charge in [-0.1, -0.05) is 12.1 Å². The summed E-state index contributed by atoms with van der Waals surface area (Å²) >= 11 is 1.73. The van der Waals surface area contributed by atoms with E-state index in [2.05, 4.69) is 11.4 Å². The summed E-state index contributed by atoms with van der Waals surface area (Å²) in [5, 5.41) is 22.0. The lowest BCUT2D eigenvalue weighted by atomic mass is 9.95. The van der Waals surface area contributed by atoms with Gasteiger partial charge in [-0.25, -0.2) is 0 Å². The number of carbonyl (C=O) groups is 2. The summed E-state index contributed by atoms with van der Waals surface area (Å²) in [4.78, 5) is 26.6. The third kappa shape index (κ3) is 3.97. The molecule has 1 aromatic rings. The van der Waals surface area contributed by atoms with E-state index in [4.69, 9.17) is 5.26 Å². The lowest BCUT2D eigenvalue weighted by Crippen LogP contribution is -2.53. The Morgan fingerprint density at radius 3 is 2.68 bits per heavy atom. The van der Waals surface area contributed by atoms with Gasteiger partial charge in [-0.2, -0.15) is 17.0 Å². The minimum atomic E-state index is -1.34. The quantitative estimate of drug-likeness (QED) is 0.838. The highest BCUT2D eigenvalue weighted by molar-refractivity contribution is 7.99. The second-order valence-electron chi connectivity index (χ2n) is 6.53. The Balaban J connectivity index is 1.57. The largest absolute Gasteiger partial charge is 0.380 e. The number of aliphatic hydroxyl groups is 1. The van der Waals surface area contributed by atoms with E-state index in [1.54, 1.807) is 28.8 Å². The second kappa shape index (κ2) is 7.46. The van der Waals surface area contributed by atoms with Gasteiger partial charge in [0.25, 0.3) is 5.91 Å². The molecule has 1 unspecified atom stereocenters. The number of benzene rings is 1. The van der Waals surface area contributed by atoms with Crippen LogP contribution in [-0.4, -0.2) is 51.5 Å². The molecule has 0 saturated carbocycles. The van der Waals surface area contributed by atoms with Crippen molar-refractivity contribution in [2.45, 2.75) is 37.5 Å². The lowest BCUT2D eigenvalue weighted by molar-refractivity contribution is -0.143. The predicted octanol–water partition coefficient (Wildman–Crippen LogP) is 1.03. The molecule has 0 radical (unpaired) electrons. The van der Waals surface area contributed by atoms with Crippen LogP contribution in [0.25, 0.3) is 0 Å². The summed E-state index contributed by atoms with van der Waals surface area (Å²) in [5.74, 6) is 0.971. The van der Waals surface area contributed by atoms with Crippen LogP contribution >= 0.6 is 11.8 Å². The molecule has 2 heterocycles. The maximum absolute atomic E-state index is 12.5. The molecule has 7 heteroatoms. The van der Waals surface area contributed by atoms with Crippen molar-refractivity contribution in [2.24, 2.45) is 0 Å². The maximum Gasteiger partial charge on any atom is 0.252 e. The fraction of sp³-hybridized carbons (Fsp3) is 0.500. The first-order chi connectivity index (χ1) is 12.0. The highest BCUT2D eigenvalue weighted by atomic mass is 32.2. The molecule has 0 spiro atoms. The highest BCUT2D eigenvalue weighted by Gasteiger charge is 2.41. The Labute approximate surface area is 151 Å². The molecule has 2 aliphatic heterocycles. The molecule has 2 N–H and O–H groups in total. The third-order valence-corrected chi connectivity index (χ3v) is 5.79. The molecular weight excluding hydrogens is 338 g/mol. The van der Waals surface area contributed by atoms with Gasteiger partial charge in [0.1, 0.15) is 11.6 Å². The summed E-state index contributed by atoms with van der Waals surface area (Å²) in [5.41, 5.74) is 0.189. The van der Waals surface area contributed by atoms with E-state index < -0.39 is 17.6 Å². The Kier molecular flexibility index (Phi) is 5.30. The molecule has 1 atom stereocenters. The van der Waals surface area contributed by atoms with Gasteiger partial charge >= 0.3 is 0 Å². The van der Waals surface area contributed by atoms with Gasteiger partial charge in [-0.05, 0) is 48.5 Å². The number of hydrogen-bond acceptors (Lipinski definition) is 5. The molecule has 25 heavy (non-hydrogen) atoms. The van der Waals surface area contributed by atoms with Gasteiger partial charge in [-0.3, -0.25) is 9.59 Å². The second-order valence-corrected chi connectivity index (χ2v) is 7.75. The van der Waals surface area contributed by atoms with E-state index in [0.717, 1.165) is 17.1 Å². The highest BCUT2D eigenvalue weighted by Crippen LogP contribution is 2.27. The van der Waals surface area contributed by atoms with Crippen LogP contribution in [0.15, 0.2) is 24.3 Å². The standard InChI is InChI=1S/C18H21N3O3S/c19-11-13-1-3-14(4-2-13)12-21-8-5-15(16(21)22)20-17(23)18(24)6-9-25-10-7-18/h1-4,15,24H,5-10,12H2,(H,20,23). The topological polar surface area (TPSA) is 93.4 Å². The summed E-state index contributed by atoms with van der Waals surface area (Å²) in [6.07, 6.45) is 1.41. The number of nitrogens with zero attached hydrogens (tertiary/aromatic N) is 2. The molecule has 2 fully saturated rings. The van der Waals surface area contributed by atoms with Crippen molar-refractivity contribution < 1.29 is 14.7 Å². The molecule has 0 aliphatic carbocycles. The first-order valence-corrected chi connectivity index (χ1v) is 9.56. The van der Waals surface area contributed by atoms with Crippen LogP contribution in [0.5, 0.6) is 0 Å². The molecule has 132 valence electrons. The molecule has 2 saturated heterocycles. The van der Waals surface area contributed by atoms with Crippen LogP contribution < -0.4 is 5.32 Å². The number of hydrogen-bond donors (Lipinski definition) is 2. The van der Waals surface area contributed by atoms with E-state index in [9.17, 15) is 14.7 Å². The van der Waals surface area contributed by atoms with Crippen LogP contribution in [0.1, 0.15) is 30.4 Å². The van der Waals surface area contributed by atoms with Crippen molar-refractivity contribution in [1.82, 2.24) is 10.2 Å². The monoisotopic (exact) mass is 359 g/mol. The lowest BCUT2D eigenvalue weighted by Gasteiger charge is -2.31. The van der Waals surface area contributed by atoms with Crippen LogP contribution in [-0.2, 0) is 16.1 Å². The van der Waals surface area contributed by atoms with Gasteiger partial charge in [0.2, 0.25) is 5.91 Å². The zero-order valence-electron chi connectivity index (χ0n) is 13.9. The Morgan fingerprint density at radius 1 is 1.36 bits per heavy atom. The van der Waals surface area contributed by atoms with Crippen molar-refractivity contribution in [2.75, 3.05) is 18.1 Å². The zero-order valence-corrected chi connectivity index (χ0v) is 14.7. The fourth-order valence-electron chi connectivity index (χ4n) is 3.16. The molecule has 3 rings (SSSR count). The summed E-state index contributed by atoms with van der Waals surface area (Å²) in [7, 11) is 0. The molecule has 1 aromatic carbocycles. The van der Waals surface area contributed by atoms with Crippen LogP contribution in [0.3, 0.4) is 0 Å². The number of amides is 2. The number of thioether (sulfide) groups is 1. The minimum Gasteiger partial charge on any atom is -0.380 e. The number of likely N-dealkylation sites (tertiary alicyclic amines) is 1. The fourth-order valence-corrected chi connectivity index (χ4v) is 4.33. The number of rotatable bonds is 4. The van der Waals surface area contributed by atoms with Crippen LogP contribution in [0, 0.1) is 11.3 Å². The van der Waals surface area contributed by atoms with E-state index >= 15 is 0 Å². The Bertz CT molecular complexity index is 693. The normalized spacial score (nSPS) is 22.5. The first-order valence-electron chi connectivity index (χ1n) is 8.41. The van der Waals surface area contributed by atoms with E-state index in [0.29, 0.717) is 37.9 Å². The molecular formula is C18H21N3O3S. The Morgan fingerprint density at radius 2 is 2.04 bits per heavy atom. The van der Waals surface area contributed by atoms with Gasteiger partial charge in [0.15, 0.2) is 0 Å². The maximum atomic E-state index is 12.5. The first kappa shape index (κ1) is 17.8. The van der Waals surface area contributed by atoms with Crippen molar-refractivity contribution in [3.8, 4) is 6.07 Å². The summed E-state index contributed by atoms with van der Waals surface area (Å²) in [6.45, 7) is 1.02. The van der Waals surface area contributed by atoms with Crippen LogP contribution in [0.4, 0.5) is 0 Å². The van der Waals surface area contributed by atoms with Gasteiger partial charge in [-0.15, -0.1) is 0 Å². The number of nitrogens with one attached hydrogen (secondary N) is 1. The minimum absolute atomic E-state index is 0.119. The van der Waals surface area contributed by atoms with Crippen molar-refractivity contribution in [1.29, 1.82) is 5.26 Å². The number of nitriles is 1. The molecule has 2 amide bonds. The van der Waals surface area contributed by atoms with Crippen molar-refractivity contribution in [3.63, 3.8) is 0 Å². The van der Waals surface area contributed by atoms with Gasteiger partial charge in [0.05, 0.1) is 11.6 Å². The van der Waals surface area contributed by atoms with E-state index in [1.807, 2.05) is 12.1 Å². The summed E-state index contributed by atoms with van der Waals surface area (Å²) < 4.78 is 0. The average molecular weight is 359 g/mol. The molecule has 2 aliphatic rings. The van der Waals surface area contributed by atoms with E-state index in [1.165, 1.54) is 0 Å². The molecule has 0 bridgehead atoms. The third-order valence-electron chi connectivity index (χ3n) is 4.80. The van der Waals surface area contributed by atoms with Crippen molar-refractivity contribution >= 4 is 23.6 Å².